The van der Waals surface area contributed by atoms with Crippen molar-refractivity contribution < 1.29 is 14.3 Å². The van der Waals surface area contributed by atoms with Crippen molar-refractivity contribution in [3.63, 3.8) is 0 Å². The number of amides is 1. The summed E-state index contributed by atoms with van der Waals surface area (Å²) < 4.78 is 11.3. The maximum absolute atomic E-state index is 12.8. The van der Waals surface area contributed by atoms with Gasteiger partial charge in [-0.15, -0.1) is 0 Å². The molecule has 0 bridgehead atoms. The van der Waals surface area contributed by atoms with Crippen LogP contribution in [0.15, 0.2) is 42.5 Å². The van der Waals surface area contributed by atoms with Crippen molar-refractivity contribution in [3.8, 4) is 5.75 Å². The van der Waals surface area contributed by atoms with Crippen LogP contribution >= 0.6 is 11.6 Å². The number of carbonyl (C=O) groups is 1. The normalized spacial score (nSPS) is 15.4. The Morgan fingerprint density at radius 1 is 1.14 bits per heavy atom. The van der Waals surface area contributed by atoms with Gasteiger partial charge in [-0.05, 0) is 42.7 Å². The highest BCUT2D eigenvalue weighted by Gasteiger charge is 2.21. The summed E-state index contributed by atoms with van der Waals surface area (Å²) in [5.41, 5.74) is 2.69. The van der Waals surface area contributed by atoms with Crippen LogP contribution in [0.4, 0.5) is 11.4 Å². The third kappa shape index (κ3) is 4.97. The molecule has 6 heteroatoms. The summed E-state index contributed by atoms with van der Waals surface area (Å²) in [6.45, 7) is 8.76. The van der Waals surface area contributed by atoms with Gasteiger partial charge >= 0.3 is 0 Å². The number of halogens is 1. The minimum atomic E-state index is -0.640. The molecule has 1 heterocycles. The molecule has 1 aliphatic heterocycles. The number of anilines is 2. The Morgan fingerprint density at radius 3 is 2.57 bits per heavy atom. The second-order valence-corrected chi connectivity index (χ2v) is 7.62. The van der Waals surface area contributed by atoms with Gasteiger partial charge in [0.15, 0.2) is 6.10 Å². The lowest BCUT2D eigenvalue weighted by Crippen LogP contribution is -2.37. The number of hydrogen-bond acceptors (Lipinski definition) is 4. The molecule has 150 valence electrons. The second kappa shape index (κ2) is 9.30. The average Bonchev–Trinajstić information content (AvgIpc) is 2.69. The first-order valence-corrected chi connectivity index (χ1v) is 10.0. The second-order valence-electron chi connectivity index (χ2n) is 7.21. The molecule has 3 rings (SSSR count). The number of carbonyl (C=O) groups excluding carboxylic acids is 1. The molecule has 2 aromatic carbocycles. The molecule has 1 saturated heterocycles. The topological polar surface area (TPSA) is 50.8 Å². The van der Waals surface area contributed by atoms with E-state index >= 15 is 0 Å². The summed E-state index contributed by atoms with van der Waals surface area (Å²) in [4.78, 5) is 14.9. The number of benzene rings is 2. The van der Waals surface area contributed by atoms with E-state index in [1.54, 1.807) is 6.92 Å². The number of morpholine rings is 1. The van der Waals surface area contributed by atoms with Crippen molar-refractivity contribution in [1.29, 1.82) is 0 Å². The molecule has 1 unspecified atom stereocenters. The summed E-state index contributed by atoms with van der Waals surface area (Å²) in [6.07, 6.45) is -0.640. The first kappa shape index (κ1) is 20.5. The lowest BCUT2D eigenvalue weighted by Gasteiger charge is -2.31. The van der Waals surface area contributed by atoms with E-state index in [9.17, 15) is 4.79 Å². The standard InChI is InChI=1S/C22H27ClN2O3/c1-15(2)17-6-4-7-18(14-17)28-16(3)22(26)24-20-9-5-8-19(23)21(20)25-10-12-27-13-11-25/h4-9,14-16H,10-13H2,1-3H3,(H,24,26). The molecule has 0 aromatic heterocycles. The number of nitrogens with zero attached hydrogens (tertiary/aromatic N) is 1. The lowest BCUT2D eigenvalue weighted by atomic mass is 10.0. The highest BCUT2D eigenvalue weighted by molar-refractivity contribution is 6.34. The molecule has 1 aliphatic rings. The van der Waals surface area contributed by atoms with Crippen molar-refractivity contribution in [2.75, 3.05) is 36.5 Å². The molecule has 0 saturated carbocycles. The SMILES string of the molecule is CC(Oc1cccc(C(C)C)c1)C(=O)Nc1cccc(Cl)c1N1CCOCC1. The van der Waals surface area contributed by atoms with Gasteiger partial charge in [-0.1, -0.05) is 43.6 Å². The van der Waals surface area contributed by atoms with Crippen molar-refractivity contribution >= 4 is 28.9 Å². The van der Waals surface area contributed by atoms with Gasteiger partial charge in [0.25, 0.3) is 5.91 Å². The van der Waals surface area contributed by atoms with E-state index < -0.39 is 6.10 Å². The van der Waals surface area contributed by atoms with Gasteiger partial charge in [-0.25, -0.2) is 0 Å². The van der Waals surface area contributed by atoms with E-state index in [1.807, 2.05) is 36.4 Å². The molecule has 28 heavy (non-hydrogen) atoms. The Bertz CT molecular complexity index is 819. The van der Waals surface area contributed by atoms with Crippen LogP contribution in [0.1, 0.15) is 32.3 Å². The van der Waals surface area contributed by atoms with Crippen LogP contribution in [0.2, 0.25) is 5.02 Å². The van der Waals surface area contributed by atoms with Crippen LogP contribution in [-0.4, -0.2) is 38.3 Å². The van der Waals surface area contributed by atoms with E-state index in [2.05, 4.69) is 30.1 Å². The van der Waals surface area contributed by atoms with Gasteiger partial charge in [-0.3, -0.25) is 4.79 Å². The number of hydrogen-bond donors (Lipinski definition) is 1. The molecule has 1 N–H and O–H groups in total. The van der Waals surface area contributed by atoms with E-state index in [-0.39, 0.29) is 5.91 Å². The zero-order valence-electron chi connectivity index (χ0n) is 16.6. The highest BCUT2D eigenvalue weighted by Crippen LogP contribution is 2.34. The largest absolute Gasteiger partial charge is 0.481 e. The molecular weight excluding hydrogens is 376 g/mol. The summed E-state index contributed by atoms with van der Waals surface area (Å²) in [5.74, 6) is 0.871. The fourth-order valence-corrected chi connectivity index (χ4v) is 3.46. The van der Waals surface area contributed by atoms with Crippen molar-refractivity contribution in [2.24, 2.45) is 0 Å². The molecular formula is C22H27ClN2O3. The minimum absolute atomic E-state index is 0.216. The minimum Gasteiger partial charge on any atom is -0.481 e. The van der Waals surface area contributed by atoms with Gasteiger partial charge in [0.1, 0.15) is 5.75 Å². The summed E-state index contributed by atoms with van der Waals surface area (Å²) in [6, 6.07) is 13.4. The van der Waals surface area contributed by atoms with Gasteiger partial charge < -0.3 is 19.7 Å². The van der Waals surface area contributed by atoms with Crippen LogP contribution in [0.3, 0.4) is 0 Å². The quantitative estimate of drug-likeness (QED) is 0.760. The zero-order valence-corrected chi connectivity index (χ0v) is 17.3. The monoisotopic (exact) mass is 402 g/mol. The molecule has 2 aromatic rings. The number of para-hydroxylation sites is 1. The van der Waals surface area contributed by atoms with Crippen LogP contribution in [0.25, 0.3) is 0 Å². The Balaban J connectivity index is 1.72. The van der Waals surface area contributed by atoms with Crippen LogP contribution in [0, 0.1) is 0 Å². The fraction of sp³-hybridized carbons (Fsp3) is 0.409. The van der Waals surface area contributed by atoms with E-state index in [1.165, 1.54) is 5.56 Å². The molecule has 1 amide bonds. The van der Waals surface area contributed by atoms with E-state index in [4.69, 9.17) is 21.1 Å². The number of rotatable bonds is 6. The van der Waals surface area contributed by atoms with Gasteiger partial charge in [0.05, 0.1) is 29.6 Å². The molecule has 5 nitrogen and oxygen atoms in total. The van der Waals surface area contributed by atoms with Crippen molar-refractivity contribution in [3.05, 3.63) is 53.1 Å². The Morgan fingerprint density at radius 2 is 1.86 bits per heavy atom. The highest BCUT2D eigenvalue weighted by atomic mass is 35.5. The number of nitrogens with one attached hydrogen (secondary N) is 1. The molecule has 1 fully saturated rings. The van der Waals surface area contributed by atoms with Gasteiger partial charge in [-0.2, -0.15) is 0 Å². The van der Waals surface area contributed by atoms with E-state index in [0.29, 0.717) is 35.6 Å². The van der Waals surface area contributed by atoms with E-state index in [0.717, 1.165) is 18.8 Å². The van der Waals surface area contributed by atoms with Crippen LogP contribution < -0.4 is 15.0 Å². The van der Waals surface area contributed by atoms with Crippen molar-refractivity contribution in [2.45, 2.75) is 32.8 Å². The summed E-state index contributed by atoms with van der Waals surface area (Å²) >= 11 is 6.44. The maximum atomic E-state index is 12.8. The first-order chi connectivity index (χ1) is 13.5. The Kier molecular flexibility index (Phi) is 6.81. The van der Waals surface area contributed by atoms with Crippen molar-refractivity contribution in [1.82, 2.24) is 0 Å². The summed E-state index contributed by atoms with van der Waals surface area (Å²) in [5, 5.41) is 3.58. The zero-order chi connectivity index (χ0) is 20.1. The average molecular weight is 403 g/mol. The Labute approximate surface area is 171 Å². The molecule has 1 atom stereocenters. The Hall–Kier alpha value is -2.24. The van der Waals surface area contributed by atoms with Crippen LogP contribution in [0.5, 0.6) is 5.75 Å². The van der Waals surface area contributed by atoms with Gasteiger partial charge in [0, 0.05) is 13.1 Å². The lowest BCUT2D eigenvalue weighted by molar-refractivity contribution is -0.122. The van der Waals surface area contributed by atoms with Gasteiger partial charge in [0.2, 0.25) is 0 Å². The first-order valence-electron chi connectivity index (χ1n) is 9.64. The third-order valence-electron chi connectivity index (χ3n) is 4.78. The van der Waals surface area contributed by atoms with Crippen LogP contribution in [-0.2, 0) is 9.53 Å². The number of ether oxygens (including phenoxy) is 2. The smallest absolute Gasteiger partial charge is 0.265 e. The molecule has 0 spiro atoms. The molecule has 0 radical (unpaired) electrons. The predicted molar refractivity (Wildman–Crippen MR) is 114 cm³/mol. The molecule has 0 aliphatic carbocycles. The fourth-order valence-electron chi connectivity index (χ4n) is 3.16. The summed E-state index contributed by atoms with van der Waals surface area (Å²) in [7, 11) is 0. The maximum Gasteiger partial charge on any atom is 0.265 e. The predicted octanol–water partition coefficient (Wildman–Crippen LogP) is 4.71. The third-order valence-corrected chi connectivity index (χ3v) is 5.08.